The van der Waals surface area contributed by atoms with Crippen LogP contribution >= 0.6 is 12.2 Å². The largest absolute Gasteiger partial charge is 0.393 e. The molecule has 0 amide bonds. The highest BCUT2D eigenvalue weighted by Crippen LogP contribution is 2.49. The maximum Gasteiger partial charge on any atom is 0.266 e. The van der Waals surface area contributed by atoms with Gasteiger partial charge in [-0.2, -0.15) is 5.10 Å². The van der Waals surface area contributed by atoms with E-state index in [1.807, 2.05) is 6.92 Å². The maximum atomic E-state index is 11.6. The number of rotatable bonds is 4. The number of hydrogen-bond acceptors (Lipinski definition) is 3. The fraction of sp³-hybridized carbons (Fsp3) is 0.545. The molecule has 0 bridgehead atoms. The molecule has 16 heavy (non-hydrogen) atoms. The monoisotopic (exact) mass is 237 g/mol. The van der Waals surface area contributed by atoms with Gasteiger partial charge in [-0.1, -0.05) is 12.2 Å². The van der Waals surface area contributed by atoms with Crippen LogP contribution in [-0.4, -0.2) is 14.8 Å². The van der Waals surface area contributed by atoms with Crippen molar-refractivity contribution in [1.29, 1.82) is 0 Å². The molecule has 1 aliphatic rings. The SMILES string of the molecule is Cc1ccc(=O)n(CC2(CC(N)=S)CC2)n1. The Bertz CT molecular complexity index is 476. The Kier molecular flexibility index (Phi) is 2.80. The lowest BCUT2D eigenvalue weighted by Crippen LogP contribution is -2.29. The van der Waals surface area contributed by atoms with Gasteiger partial charge in [0.05, 0.1) is 17.2 Å². The van der Waals surface area contributed by atoms with Crippen molar-refractivity contribution >= 4 is 17.2 Å². The van der Waals surface area contributed by atoms with Crippen LogP contribution in [0, 0.1) is 12.3 Å². The Balaban J connectivity index is 2.18. The smallest absolute Gasteiger partial charge is 0.266 e. The zero-order chi connectivity index (χ0) is 11.8. The average Bonchev–Trinajstić information content (AvgIpc) is 2.90. The van der Waals surface area contributed by atoms with Gasteiger partial charge in [-0.25, -0.2) is 4.68 Å². The third kappa shape index (κ3) is 2.47. The van der Waals surface area contributed by atoms with Crippen LogP contribution in [0.5, 0.6) is 0 Å². The summed E-state index contributed by atoms with van der Waals surface area (Å²) in [5.74, 6) is 0. The lowest BCUT2D eigenvalue weighted by Gasteiger charge is -2.15. The van der Waals surface area contributed by atoms with E-state index in [4.69, 9.17) is 18.0 Å². The number of aromatic nitrogens is 2. The molecule has 2 N–H and O–H groups in total. The second-order valence-corrected chi connectivity index (χ2v) is 5.14. The van der Waals surface area contributed by atoms with Gasteiger partial charge >= 0.3 is 0 Å². The van der Waals surface area contributed by atoms with E-state index in [9.17, 15) is 4.79 Å². The minimum absolute atomic E-state index is 0.0557. The van der Waals surface area contributed by atoms with Crippen molar-refractivity contribution in [3.05, 3.63) is 28.2 Å². The van der Waals surface area contributed by atoms with E-state index in [1.165, 1.54) is 4.68 Å². The molecule has 1 fully saturated rings. The molecule has 1 aromatic heterocycles. The summed E-state index contributed by atoms with van der Waals surface area (Å²) in [5.41, 5.74) is 6.45. The predicted molar refractivity (Wildman–Crippen MR) is 66.3 cm³/mol. The second kappa shape index (κ2) is 3.97. The predicted octanol–water partition coefficient (Wildman–Crippen LogP) is 1.01. The van der Waals surface area contributed by atoms with Crippen molar-refractivity contribution in [2.45, 2.75) is 32.7 Å². The van der Waals surface area contributed by atoms with Gasteiger partial charge in [0.2, 0.25) is 0 Å². The molecule has 1 aliphatic carbocycles. The molecular formula is C11H15N3OS. The molecule has 0 atom stereocenters. The summed E-state index contributed by atoms with van der Waals surface area (Å²) in [4.78, 5) is 12.1. The first-order valence-corrected chi connectivity index (χ1v) is 5.75. The van der Waals surface area contributed by atoms with Crippen molar-refractivity contribution in [2.75, 3.05) is 0 Å². The molecule has 1 heterocycles. The van der Waals surface area contributed by atoms with Gasteiger partial charge in [0, 0.05) is 12.5 Å². The Morgan fingerprint density at radius 3 is 2.88 bits per heavy atom. The quantitative estimate of drug-likeness (QED) is 0.794. The summed E-state index contributed by atoms with van der Waals surface area (Å²) in [6, 6.07) is 3.28. The van der Waals surface area contributed by atoms with E-state index in [0.717, 1.165) is 18.5 Å². The van der Waals surface area contributed by atoms with Crippen LogP contribution in [0.4, 0.5) is 0 Å². The molecule has 0 saturated heterocycles. The van der Waals surface area contributed by atoms with Crippen molar-refractivity contribution in [1.82, 2.24) is 9.78 Å². The number of aryl methyl sites for hydroxylation is 1. The minimum Gasteiger partial charge on any atom is -0.393 e. The third-order valence-electron chi connectivity index (χ3n) is 2.99. The lowest BCUT2D eigenvalue weighted by molar-refractivity contribution is 0.395. The molecule has 1 saturated carbocycles. The van der Waals surface area contributed by atoms with Crippen molar-refractivity contribution in [3.63, 3.8) is 0 Å². The molecular weight excluding hydrogens is 222 g/mol. The highest BCUT2D eigenvalue weighted by atomic mass is 32.1. The van der Waals surface area contributed by atoms with Gasteiger partial charge in [-0.15, -0.1) is 0 Å². The van der Waals surface area contributed by atoms with Crippen LogP contribution in [0.15, 0.2) is 16.9 Å². The summed E-state index contributed by atoms with van der Waals surface area (Å²) in [7, 11) is 0. The highest BCUT2D eigenvalue weighted by molar-refractivity contribution is 7.80. The topological polar surface area (TPSA) is 60.9 Å². The number of nitrogens with zero attached hydrogens (tertiary/aromatic N) is 2. The Morgan fingerprint density at radius 1 is 1.62 bits per heavy atom. The van der Waals surface area contributed by atoms with Crippen LogP contribution < -0.4 is 11.3 Å². The number of hydrogen-bond donors (Lipinski definition) is 1. The third-order valence-corrected chi connectivity index (χ3v) is 3.14. The summed E-state index contributed by atoms with van der Waals surface area (Å²) >= 11 is 4.93. The Labute approximate surface area is 99.5 Å². The molecule has 5 heteroatoms. The first-order chi connectivity index (χ1) is 7.51. The van der Waals surface area contributed by atoms with Crippen LogP contribution in [0.3, 0.4) is 0 Å². The molecule has 0 unspecified atom stereocenters. The van der Waals surface area contributed by atoms with Gasteiger partial charge in [0.15, 0.2) is 0 Å². The van der Waals surface area contributed by atoms with E-state index < -0.39 is 0 Å². The summed E-state index contributed by atoms with van der Waals surface area (Å²) in [6.07, 6.45) is 2.86. The number of nitrogens with two attached hydrogens (primary N) is 1. The van der Waals surface area contributed by atoms with Crippen molar-refractivity contribution in [2.24, 2.45) is 11.1 Å². The maximum absolute atomic E-state index is 11.6. The van der Waals surface area contributed by atoms with Crippen LogP contribution in [0.25, 0.3) is 0 Å². The lowest BCUT2D eigenvalue weighted by atomic mass is 10.0. The zero-order valence-electron chi connectivity index (χ0n) is 9.27. The molecule has 0 aromatic carbocycles. The van der Waals surface area contributed by atoms with E-state index in [0.29, 0.717) is 18.0 Å². The van der Waals surface area contributed by atoms with Gasteiger partial charge in [-0.05, 0) is 31.2 Å². The van der Waals surface area contributed by atoms with Gasteiger partial charge in [-0.3, -0.25) is 4.79 Å². The zero-order valence-corrected chi connectivity index (χ0v) is 10.1. The van der Waals surface area contributed by atoms with Crippen LogP contribution in [-0.2, 0) is 6.54 Å². The molecule has 2 rings (SSSR count). The standard InChI is InChI=1S/C11H15N3OS/c1-8-2-3-10(15)14(13-8)7-11(4-5-11)6-9(12)16/h2-3H,4-7H2,1H3,(H2,12,16). The summed E-state index contributed by atoms with van der Waals surface area (Å²) < 4.78 is 1.53. The van der Waals surface area contributed by atoms with Crippen molar-refractivity contribution in [3.8, 4) is 0 Å². The first kappa shape index (κ1) is 11.3. The number of thiocarbonyl (C=S) groups is 1. The van der Waals surface area contributed by atoms with E-state index >= 15 is 0 Å². The second-order valence-electron chi connectivity index (χ2n) is 4.61. The molecule has 0 radical (unpaired) electrons. The van der Waals surface area contributed by atoms with Gasteiger partial charge < -0.3 is 5.73 Å². The molecule has 0 aliphatic heterocycles. The summed E-state index contributed by atoms with van der Waals surface area (Å²) in [6.45, 7) is 2.51. The Hall–Kier alpha value is -1.23. The van der Waals surface area contributed by atoms with Crippen LogP contribution in [0.1, 0.15) is 25.0 Å². The highest BCUT2D eigenvalue weighted by Gasteiger charge is 2.43. The van der Waals surface area contributed by atoms with Gasteiger partial charge in [0.1, 0.15) is 0 Å². The summed E-state index contributed by atoms with van der Waals surface area (Å²) in [5, 5.41) is 4.23. The fourth-order valence-corrected chi connectivity index (χ4v) is 2.23. The fourth-order valence-electron chi connectivity index (χ4n) is 1.92. The van der Waals surface area contributed by atoms with Gasteiger partial charge in [0.25, 0.3) is 5.56 Å². The Morgan fingerprint density at radius 2 is 2.31 bits per heavy atom. The van der Waals surface area contributed by atoms with E-state index in [1.54, 1.807) is 12.1 Å². The average molecular weight is 237 g/mol. The first-order valence-electron chi connectivity index (χ1n) is 5.34. The molecule has 0 spiro atoms. The van der Waals surface area contributed by atoms with Crippen molar-refractivity contribution < 1.29 is 0 Å². The van der Waals surface area contributed by atoms with E-state index in [2.05, 4.69) is 5.10 Å². The molecule has 4 nitrogen and oxygen atoms in total. The molecule has 86 valence electrons. The van der Waals surface area contributed by atoms with Crippen LogP contribution in [0.2, 0.25) is 0 Å². The minimum atomic E-state index is -0.0557. The normalized spacial score (nSPS) is 17.1. The van der Waals surface area contributed by atoms with E-state index in [-0.39, 0.29) is 11.0 Å². The molecule has 1 aromatic rings.